The topological polar surface area (TPSA) is 519 Å². The number of amides is 2. The molecule has 0 aromatic carbocycles. The first kappa shape index (κ1) is 70.8. The summed E-state index contributed by atoms with van der Waals surface area (Å²) in [5.74, 6) is -7.19. The summed E-state index contributed by atoms with van der Waals surface area (Å²) in [6.45, 7) is -6.15. The molecule has 0 spiro atoms. The first-order valence-corrected chi connectivity index (χ1v) is 24.1. The Balaban J connectivity index is 0.0000289. The summed E-state index contributed by atoms with van der Waals surface area (Å²) in [4.78, 5) is 86.1. The monoisotopic (exact) mass is 1240 g/mol. The number of ketones is 1. The van der Waals surface area contributed by atoms with Gasteiger partial charge < -0.3 is 112 Å². The fourth-order valence-electron chi connectivity index (χ4n) is 8.09. The molecule has 1 aliphatic heterocycles. The van der Waals surface area contributed by atoms with Crippen molar-refractivity contribution in [1.29, 1.82) is 0 Å². The second kappa shape index (κ2) is 36.1. The number of carbonyl (C=O) groups excluding carboxylic acids is 5. The van der Waals surface area contributed by atoms with E-state index in [2.05, 4.69) is 15.6 Å². The van der Waals surface area contributed by atoms with Crippen LogP contribution < -0.4 is 20.8 Å². The summed E-state index contributed by atoms with van der Waals surface area (Å²) < 4.78 is 0. The summed E-state index contributed by atoms with van der Waals surface area (Å²) >= 11 is 0. The molecule has 76 heavy (non-hydrogen) atoms. The molecule has 31 heteroatoms. The molecule has 1 aliphatic rings. The molecule has 30 nitrogen and oxygen atoms in total. The fourth-order valence-corrected chi connectivity index (χ4v) is 8.09. The Kier molecular flexibility index (Phi) is 33.6. The molecule has 2 rings (SSSR count). The van der Waals surface area contributed by atoms with E-state index in [-0.39, 0.29) is 90.6 Å². The van der Waals surface area contributed by atoms with Crippen LogP contribution in [-0.4, -0.2) is 287 Å². The maximum absolute atomic E-state index is 13.0. The van der Waals surface area contributed by atoms with Crippen molar-refractivity contribution in [3.8, 4) is 0 Å². The van der Waals surface area contributed by atoms with Crippen molar-refractivity contribution < 1.29 is 161 Å². The van der Waals surface area contributed by atoms with Gasteiger partial charge in [-0.15, -0.1) is 0 Å². The smallest absolute Gasteiger partial charge is 0.548 e. The van der Waals surface area contributed by atoms with E-state index in [1.165, 1.54) is 32.9 Å². The Hall–Kier alpha value is -3.23. The third kappa shape index (κ3) is 23.6. The molecule has 0 saturated heterocycles. The summed E-state index contributed by atoms with van der Waals surface area (Å²) in [5, 5.41) is 188. The van der Waals surface area contributed by atoms with Gasteiger partial charge in [0.2, 0.25) is 11.8 Å². The molecule has 1 aromatic heterocycles. The normalized spacial score (nSPS) is 20.1. The Morgan fingerprint density at radius 3 is 1.21 bits per heavy atom. The van der Waals surface area contributed by atoms with Crippen molar-refractivity contribution in [2.24, 2.45) is 0 Å². The Morgan fingerprint density at radius 1 is 0.487 bits per heavy atom. The van der Waals surface area contributed by atoms with E-state index in [1.54, 1.807) is 0 Å². The van der Waals surface area contributed by atoms with Crippen LogP contribution in [0, 0.1) is 39.9 Å². The van der Waals surface area contributed by atoms with Gasteiger partial charge in [0, 0.05) is 84.1 Å². The molecule has 435 valence electrons. The number of aliphatic carboxylic acids is 3. The zero-order chi connectivity index (χ0) is 56.7. The number of carbonyl (C=O) groups is 6. The Morgan fingerprint density at radius 2 is 0.816 bits per heavy atom. The van der Waals surface area contributed by atoms with Crippen LogP contribution in [0.3, 0.4) is 0 Å². The maximum atomic E-state index is 13.0. The van der Waals surface area contributed by atoms with Gasteiger partial charge in [-0.2, -0.15) is 0 Å². The number of aliphatic hydroxyl groups is 15. The molecule has 2 amide bonds. The molecule has 15 atom stereocenters. The number of rotatable bonds is 34. The second-order valence-corrected chi connectivity index (χ2v) is 18.3. The van der Waals surface area contributed by atoms with Crippen LogP contribution in [0.5, 0.6) is 0 Å². The van der Waals surface area contributed by atoms with Crippen LogP contribution in [0.25, 0.3) is 0 Å². The minimum Gasteiger partial charge on any atom is -0.548 e. The van der Waals surface area contributed by atoms with E-state index in [1.807, 2.05) is 0 Å². The van der Waals surface area contributed by atoms with Gasteiger partial charge in [-0.3, -0.25) is 38.9 Å². The quantitative estimate of drug-likeness (QED) is 0.0305. The van der Waals surface area contributed by atoms with Gasteiger partial charge in [0.25, 0.3) is 0 Å². The summed E-state index contributed by atoms with van der Waals surface area (Å²) in [7, 11) is 0. The van der Waals surface area contributed by atoms with Gasteiger partial charge in [0.1, 0.15) is 66.8 Å². The van der Waals surface area contributed by atoms with Crippen LogP contribution in [0.1, 0.15) is 62.8 Å². The first-order chi connectivity index (χ1) is 35.3. The van der Waals surface area contributed by atoms with Crippen LogP contribution in [-0.2, 0) is 41.9 Å². The third-order valence-electron chi connectivity index (χ3n) is 12.8. The SMILES string of the molecule is O=C(CCC(O)C(O)C(O)C(O)CO)CCC(C(=O)[O-])N1CCN(C(CCC(=O)NCC(O)C(O)C(O)C(O)CO)C(=O)[O-])CCN(C(CCC(=O)NCC(O)C(O)C(O)C(O)CO)C(=O)O)Cc2cccc(n2)C1.[Gd+3]. The average molecular weight is 1240 g/mol. The number of pyridine rings is 1. The molecule has 2 heterocycles. The van der Waals surface area contributed by atoms with E-state index in [9.17, 15) is 105 Å². The van der Waals surface area contributed by atoms with E-state index in [0.717, 1.165) is 0 Å². The summed E-state index contributed by atoms with van der Waals surface area (Å²) in [6.07, 6.45) is -26.7. The Labute approximate surface area is 468 Å². The third-order valence-corrected chi connectivity index (χ3v) is 12.8. The second-order valence-electron chi connectivity index (χ2n) is 18.3. The number of hydrogen-bond acceptors (Lipinski definition) is 27. The van der Waals surface area contributed by atoms with Gasteiger partial charge in [-0.05, 0) is 37.8 Å². The number of Topliss-reactive ketones (excluding diaryl/α,β-unsaturated/α-hetero) is 1. The molecule has 1 aromatic rings. The number of carboxylic acids is 3. The molecule has 0 saturated carbocycles. The number of carboxylic acid groups (broad SMARTS) is 3. The maximum Gasteiger partial charge on any atom is 3.00 e. The molecule has 15 unspecified atom stereocenters. The molecule has 0 fully saturated rings. The van der Waals surface area contributed by atoms with E-state index < -0.39 is 211 Å². The predicted molar refractivity (Wildman–Crippen MR) is 247 cm³/mol. The van der Waals surface area contributed by atoms with Crippen molar-refractivity contribution in [3.05, 3.63) is 29.6 Å². The summed E-state index contributed by atoms with van der Waals surface area (Å²) in [6, 6.07) is -0.234. The van der Waals surface area contributed by atoms with Gasteiger partial charge in [-0.1, -0.05) is 6.07 Å². The largest absolute Gasteiger partial charge is 3.00 e. The fraction of sp³-hybridized carbons (Fsp3) is 0.756. The Bertz CT molecular complexity index is 1840. The van der Waals surface area contributed by atoms with Crippen LogP contribution >= 0.6 is 0 Å². The van der Waals surface area contributed by atoms with Crippen molar-refractivity contribution in [2.45, 2.75) is 156 Å². The molecular weight excluding hydrogens is 1170 g/mol. The van der Waals surface area contributed by atoms with Crippen molar-refractivity contribution >= 4 is 35.5 Å². The van der Waals surface area contributed by atoms with Gasteiger partial charge in [-0.25, -0.2) is 0 Å². The molecule has 0 aliphatic carbocycles. The number of hydrogen-bond donors (Lipinski definition) is 18. The number of fused-ring (bicyclic) bond motifs is 2. The van der Waals surface area contributed by atoms with Gasteiger partial charge >= 0.3 is 45.9 Å². The minimum atomic E-state index is -2.04. The van der Waals surface area contributed by atoms with Crippen molar-refractivity contribution in [3.63, 3.8) is 0 Å². The predicted octanol–water partition coefficient (Wildman–Crippen LogP) is -12.1. The zero-order valence-corrected chi connectivity index (χ0v) is 43.7. The zero-order valence-electron chi connectivity index (χ0n) is 41.4. The van der Waals surface area contributed by atoms with Crippen LogP contribution in [0.15, 0.2) is 18.2 Å². The first-order valence-electron chi connectivity index (χ1n) is 24.1. The molecule has 1 radical (unpaired) electrons. The van der Waals surface area contributed by atoms with Crippen molar-refractivity contribution in [1.82, 2.24) is 30.3 Å². The molecule has 2 bridgehead atoms. The number of aromatic nitrogens is 1. The summed E-state index contributed by atoms with van der Waals surface area (Å²) in [5.41, 5.74) is 0.424. The average Bonchev–Trinajstić information content (AvgIpc) is 3.38. The number of aliphatic hydroxyl groups excluding tert-OH is 15. The van der Waals surface area contributed by atoms with Gasteiger partial charge in [0.05, 0.1) is 67.5 Å². The van der Waals surface area contributed by atoms with E-state index in [0.29, 0.717) is 0 Å². The van der Waals surface area contributed by atoms with Crippen molar-refractivity contribution in [2.75, 3.05) is 59.1 Å². The number of nitrogens with zero attached hydrogens (tertiary/aromatic N) is 4. The van der Waals surface area contributed by atoms with E-state index in [4.69, 9.17) is 15.3 Å². The van der Waals surface area contributed by atoms with Gasteiger partial charge in [0.15, 0.2) is 0 Å². The number of nitrogens with one attached hydrogen (secondary N) is 2. The minimum absolute atomic E-state index is 0. The van der Waals surface area contributed by atoms with E-state index >= 15 is 0 Å². The standard InChI is InChI=1S/C45H76N6O24.Gd/c52-20-32(59)40(67)37(64)29(56)9-5-25(55)4-6-27(44(72)73)50-14-12-49(26(43(70)71)7-10-35(62)46-16-30(57)38(65)41(68)33(60)21-53)13-15-51(19-24-3-1-2-23(18-50)48-24)28(45(74)75)8-11-36(63)47-17-31(58)39(66)42(69)34(61)22-54;/h1-3,26-34,37-42,52-54,56-61,64-69H,4-22H2,(H,46,62)(H,47,63)(H,70,71)(H,72,73)(H,74,75);/q;+3/p-2. The van der Waals surface area contributed by atoms with Crippen LogP contribution in [0.2, 0.25) is 0 Å². The van der Waals surface area contributed by atoms with Crippen LogP contribution in [0.4, 0.5) is 0 Å². The molecule has 18 N–H and O–H groups in total. The molecular formula is C45H74GdN6O24+.